The number of benzene rings is 3. The highest BCUT2D eigenvalue weighted by Gasteiger charge is 2.36. The van der Waals surface area contributed by atoms with Crippen molar-refractivity contribution in [2.45, 2.75) is 12.4 Å². The predicted octanol–water partition coefficient (Wildman–Crippen LogP) is 6.50. The molecule has 0 aliphatic rings. The Kier molecular flexibility index (Phi) is 5.13. The molecule has 10 heteroatoms. The summed E-state index contributed by atoms with van der Waals surface area (Å²) in [5.74, 6) is -2.68. The molecule has 0 saturated heterocycles. The Hall–Kier alpha value is -3.30. The van der Waals surface area contributed by atoms with Gasteiger partial charge in [-0.15, -0.1) is 0 Å². The van der Waals surface area contributed by atoms with Crippen molar-refractivity contribution in [3.05, 3.63) is 71.3 Å². The lowest BCUT2D eigenvalue weighted by atomic mass is 9.93. The first-order chi connectivity index (χ1) is 13.8. The standard InChI is InChI=1S/C20H12F8N2/c21-17-8-14(12-4-2-10(30)6-16(12)20(26,27)28)18(22)7-13(17)11-3-1-9(29)5-15(11)19(23,24)25/h1-8H,29-30H2. The summed E-state index contributed by atoms with van der Waals surface area (Å²) in [5.41, 5.74) is 4.65. The summed E-state index contributed by atoms with van der Waals surface area (Å²) in [6.45, 7) is 0. The molecule has 0 aromatic heterocycles. The van der Waals surface area contributed by atoms with Crippen molar-refractivity contribution < 1.29 is 35.1 Å². The van der Waals surface area contributed by atoms with Crippen molar-refractivity contribution >= 4 is 11.4 Å². The topological polar surface area (TPSA) is 52.0 Å². The minimum atomic E-state index is -4.92. The van der Waals surface area contributed by atoms with Gasteiger partial charge in [-0.1, -0.05) is 12.1 Å². The number of rotatable bonds is 2. The quantitative estimate of drug-likeness (QED) is 0.359. The van der Waals surface area contributed by atoms with Crippen LogP contribution >= 0.6 is 0 Å². The van der Waals surface area contributed by atoms with Gasteiger partial charge >= 0.3 is 12.4 Å². The van der Waals surface area contributed by atoms with Crippen LogP contribution in [0.2, 0.25) is 0 Å². The molecule has 0 atom stereocenters. The van der Waals surface area contributed by atoms with Gasteiger partial charge in [-0.3, -0.25) is 0 Å². The van der Waals surface area contributed by atoms with Crippen LogP contribution in [0.15, 0.2) is 48.5 Å². The number of nitrogens with two attached hydrogens (primary N) is 2. The molecule has 0 radical (unpaired) electrons. The molecule has 2 nitrogen and oxygen atoms in total. The van der Waals surface area contributed by atoms with Crippen molar-refractivity contribution in [3.63, 3.8) is 0 Å². The van der Waals surface area contributed by atoms with E-state index in [1.54, 1.807) is 0 Å². The van der Waals surface area contributed by atoms with Gasteiger partial charge in [0.25, 0.3) is 0 Å². The van der Waals surface area contributed by atoms with E-state index in [1.807, 2.05) is 0 Å². The van der Waals surface area contributed by atoms with Crippen LogP contribution in [0.25, 0.3) is 22.3 Å². The molecule has 0 heterocycles. The monoisotopic (exact) mass is 432 g/mol. The van der Waals surface area contributed by atoms with E-state index in [9.17, 15) is 35.1 Å². The number of alkyl halides is 6. The Balaban J connectivity index is 2.24. The van der Waals surface area contributed by atoms with Gasteiger partial charge in [0.2, 0.25) is 0 Å². The first-order valence-corrected chi connectivity index (χ1v) is 8.22. The molecule has 0 aliphatic heterocycles. The van der Waals surface area contributed by atoms with E-state index >= 15 is 0 Å². The highest BCUT2D eigenvalue weighted by Crippen LogP contribution is 2.43. The second-order valence-electron chi connectivity index (χ2n) is 6.42. The lowest BCUT2D eigenvalue weighted by Crippen LogP contribution is -2.10. The molecule has 0 unspecified atom stereocenters. The Morgan fingerprint density at radius 2 is 0.833 bits per heavy atom. The number of hydrogen-bond acceptors (Lipinski definition) is 2. The first kappa shape index (κ1) is 21.4. The number of nitrogen functional groups attached to an aromatic ring is 2. The highest BCUT2D eigenvalue weighted by molar-refractivity contribution is 5.77. The zero-order chi connectivity index (χ0) is 22.4. The average Bonchev–Trinajstić information content (AvgIpc) is 2.62. The van der Waals surface area contributed by atoms with E-state index in [0.29, 0.717) is 24.3 Å². The van der Waals surface area contributed by atoms with Gasteiger partial charge in [-0.2, -0.15) is 26.3 Å². The maximum Gasteiger partial charge on any atom is 0.417 e. The van der Waals surface area contributed by atoms with Crippen LogP contribution in [-0.4, -0.2) is 0 Å². The molecule has 0 fully saturated rings. The van der Waals surface area contributed by atoms with Crippen molar-refractivity contribution in [2.24, 2.45) is 0 Å². The lowest BCUT2D eigenvalue weighted by Gasteiger charge is -2.17. The molecule has 158 valence electrons. The van der Waals surface area contributed by atoms with Gasteiger partial charge in [0.1, 0.15) is 11.6 Å². The summed E-state index contributed by atoms with van der Waals surface area (Å²) >= 11 is 0. The highest BCUT2D eigenvalue weighted by atomic mass is 19.4. The van der Waals surface area contributed by atoms with Crippen molar-refractivity contribution in [1.29, 1.82) is 0 Å². The predicted molar refractivity (Wildman–Crippen MR) is 96.1 cm³/mol. The molecule has 0 saturated carbocycles. The average molecular weight is 432 g/mol. The lowest BCUT2D eigenvalue weighted by molar-refractivity contribution is -0.137. The Bertz CT molecular complexity index is 1030. The first-order valence-electron chi connectivity index (χ1n) is 8.22. The molecule has 0 aliphatic carbocycles. The fourth-order valence-corrected chi connectivity index (χ4v) is 3.02. The molecule has 0 spiro atoms. The number of hydrogen-bond donors (Lipinski definition) is 2. The van der Waals surface area contributed by atoms with E-state index in [-0.39, 0.29) is 11.4 Å². The summed E-state index contributed by atoms with van der Waals surface area (Å²) in [6.07, 6.45) is -9.85. The maximum absolute atomic E-state index is 14.7. The van der Waals surface area contributed by atoms with Crippen LogP contribution in [0.1, 0.15) is 11.1 Å². The molecule has 3 aromatic rings. The summed E-state index contributed by atoms with van der Waals surface area (Å²) in [7, 11) is 0. The Labute approximate surface area is 164 Å². The molecular formula is C20H12F8N2. The zero-order valence-electron chi connectivity index (χ0n) is 14.8. The van der Waals surface area contributed by atoms with E-state index in [2.05, 4.69) is 0 Å². The van der Waals surface area contributed by atoms with Crippen molar-refractivity contribution in [3.8, 4) is 22.3 Å². The van der Waals surface area contributed by atoms with E-state index in [0.717, 1.165) is 24.3 Å². The third-order valence-electron chi connectivity index (χ3n) is 4.34. The molecule has 3 rings (SSSR count). The minimum Gasteiger partial charge on any atom is -0.399 e. The zero-order valence-corrected chi connectivity index (χ0v) is 14.8. The third-order valence-corrected chi connectivity index (χ3v) is 4.34. The second kappa shape index (κ2) is 7.19. The van der Waals surface area contributed by atoms with Crippen LogP contribution in [0.5, 0.6) is 0 Å². The molecule has 4 N–H and O–H groups in total. The molecule has 0 bridgehead atoms. The van der Waals surface area contributed by atoms with Crippen molar-refractivity contribution in [1.82, 2.24) is 0 Å². The second-order valence-corrected chi connectivity index (χ2v) is 6.42. The van der Waals surface area contributed by atoms with E-state index in [4.69, 9.17) is 11.5 Å². The maximum atomic E-state index is 14.7. The molecule has 30 heavy (non-hydrogen) atoms. The molecular weight excluding hydrogens is 420 g/mol. The van der Waals surface area contributed by atoms with E-state index < -0.39 is 57.4 Å². The summed E-state index contributed by atoms with van der Waals surface area (Å²) in [5, 5.41) is 0. The largest absolute Gasteiger partial charge is 0.417 e. The van der Waals surface area contributed by atoms with Crippen LogP contribution in [0, 0.1) is 11.6 Å². The summed E-state index contributed by atoms with van der Waals surface area (Å²) < 4.78 is 109. The van der Waals surface area contributed by atoms with Gasteiger partial charge in [0.05, 0.1) is 11.1 Å². The third kappa shape index (κ3) is 4.03. The fraction of sp³-hybridized carbons (Fsp3) is 0.100. The van der Waals surface area contributed by atoms with Gasteiger partial charge in [-0.25, -0.2) is 8.78 Å². The van der Waals surface area contributed by atoms with Crippen LogP contribution in [-0.2, 0) is 12.4 Å². The van der Waals surface area contributed by atoms with Crippen LogP contribution < -0.4 is 11.5 Å². The molecule has 3 aromatic carbocycles. The number of anilines is 2. The Morgan fingerprint density at radius 1 is 0.500 bits per heavy atom. The fourth-order valence-electron chi connectivity index (χ4n) is 3.02. The summed E-state index contributed by atoms with van der Waals surface area (Å²) in [4.78, 5) is 0. The van der Waals surface area contributed by atoms with Crippen LogP contribution in [0.4, 0.5) is 46.5 Å². The normalized spacial score (nSPS) is 12.3. The van der Waals surface area contributed by atoms with Gasteiger partial charge in [0, 0.05) is 22.5 Å². The van der Waals surface area contributed by atoms with Gasteiger partial charge < -0.3 is 11.5 Å². The van der Waals surface area contributed by atoms with Gasteiger partial charge in [-0.05, 0) is 47.5 Å². The molecule has 0 amide bonds. The Morgan fingerprint density at radius 3 is 1.13 bits per heavy atom. The number of halogens is 8. The van der Waals surface area contributed by atoms with Gasteiger partial charge in [0.15, 0.2) is 0 Å². The smallest absolute Gasteiger partial charge is 0.399 e. The summed E-state index contributed by atoms with van der Waals surface area (Å²) in [6, 6.07) is 5.81. The van der Waals surface area contributed by atoms with Crippen LogP contribution in [0.3, 0.4) is 0 Å². The van der Waals surface area contributed by atoms with E-state index in [1.165, 1.54) is 0 Å². The SMILES string of the molecule is Nc1ccc(-c2cc(F)c(-c3ccc(N)cc3C(F)(F)F)cc2F)c(C(F)(F)F)c1. The van der Waals surface area contributed by atoms with Crippen molar-refractivity contribution in [2.75, 3.05) is 11.5 Å². The minimum absolute atomic E-state index is 0.250.